The molecule has 1 saturated heterocycles. The molecule has 0 amide bonds. The maximum atomic E-state index is 5.13. The average molecular weight is 185 g/mol. The van der Waals surface area contributed by atoms with Crippen molar-refractivity contribution >= 4 is 0 Å². The second kappa shape index (κ2) is 4.97. The van der Waals surface area contributed by atoms with E-state index in [9.17, 15) is 0 Å². The normalized spacial score (nSPS) is 30.7. The van der Waals surface area contributed by atoms with Crippen LogP contribution in [0, 0.1) is 5.92 Å². The van der Waals surface area contributed by atoms with E-state index in [0.29, 0.717) is 5.54 Å². The number of hydrogen-bond acceptors (Lipinski definition) is 2. The van der Waals surface area contributed by atoms with Crippen molar-refractivity contribution in [2.75, 3.05) is 20.3 Å². The lowest BCUT2D eigenvalue weighted by molar-refractivity contribution is 0.144. The highest BCUT2D eigenvalue weighted by Gasteiger charge is 2.36. The summed E-state index contributed by atoms with van der Waals surface area (Å²) in [6.45, 7) is 6.73. The third-order valence-electron chi connectivity index (χ3n) is 3.61. The van der Waals surface area contributed by atoms with Crippen LogP contribution in [0.15, 0.2) is 0 Å². The molecule has 2 nitrogen and oxygen atoms in total. The molecule has 0 radical (unpaired) electrons. The number of rotatable bonds is 5. The maximum absolute atomic E-state index is 5.13. The highest BCUT2D eigenvalue weighted by molar-refractivity contribution is 4.95. The zero-order chi connectivity index (χ0) is 9.73. The number of hydrogen-bond donors (Lipinski definition) is 1. The lowest BCUT2D eigenvalue weighted by atomic mass is 9.80. The van der Waals surface area contributed by atoms with E-state index in [1.165, 1.54) is 32.2 Å². The van der Waals surface area contributed by atoms with Crippen LogP contribution in [0.2, 0.25) is 0 Å². The lowest BCUT2D eigenvalue weighted by Gasteiger charge is -2.35. The highest BCUT2D eigenvalue weighted by Crippen LogP contribution is 2.32. The summed E-state index contributed by atoms with van der Waals surface area (Å²) in [5.74, 6) is 0.736. The fourth-order valence-electron chi connectivity index (χ4n) is 2.47. The Balaban J connectivity index is 2.44. The van der Waals surface area contributed by atoms with Crippen molar-refractivity contribution in [3.63, 3.8) is 0 Å². The quantitative estimate of drug-likeness (QED) is 0.709. The van der Waals surface area contributed by atoms with E-state index >= 15 is 0 Å². The molecule has 1 aliphatic rings. The smallest absolute Gasteiger partial charge is 0.0465 e. The lowest BCUT2D eigenvalue weighted by Crippen LogP contribution is -2.45. The van der Waals surface area contributed by atoms with E-state index in [4.69, 9.17) is 4.74 Å². The summed E-state index contributed by atoms with van der Waals surface area (Å²) >= 11 is 0. The van der Waals surface area contributed by atoms with Gasteiger partial charge >= 0.3 is 0 Å². The molecule has 1 aliphatic heterocycles. The molecule has 0 bridgehead atoms. The first kappa shape index (κ1) is 11.0. The van der Waals surface area contributed by atoms with Gasteiger partial charge in [0.2, 0.25) is 0 Å². The minimum absolute atomic E-state index is 0.415. The monoisotopic (exact) mass is 185 g/mol. The van der Waals surface area contributed by atoms with Gasteiger partial charge in [-0.15, -0.1) is 0 Å². The maximum Gasteiger partial charge on any atom is 0.0465 e. The fourth-order valence-corrected chi connectivity index (χ4v) is 2.47. The van der Waals surface area contributed by atoms with Gasteiger partial charge in [-0.05, 0) is 38.1 Å². The van der Waals surface area contributed by atoms with Crippen LogP contribution in [0.1, 0.15) is 39.5 Å². The second-order valence-electron chi connectivity index (χ2n) is 4.22. The molecule has 0 aromatic carbocycles. The Morgan fingerprint density at radius 3 is 2.77 bits per heavy atom. The molecule has 2 atom stereocenters. The topological polar surface area (TPSA) is 21.3 Å². The molecule has 0 saturated carbocycles. The number of methoxy groups -OCH3 is 1. The minimum Gasteiger partial charge on any atom is -0.385 e. The molecule has 2 unspecified atom stereocenters. The predicted octanol–water partition coefficient (Wildman–Crippen LogP) is 2.19. The van der Waals surface area contributed by atoms with E-state index in [2.05, 4.69) is 19.2 Å². The Morgan fingerprint density at radius 2 is 2.31 bits per heavy atom. The van der Waals surface area contributed by atoms with Gasteiger partial charge in [0.1, 0.15) is 0 Å². The molecule has 0 aliphatic carbocycles. The van der Waals surface area contributed by atoms with Crippen molar-refractivity contribution in [1.82, 2.24) is 5.32 Å². The SMILES string of the molecule is CCC1(C(C)CCOC)CCCN1. The standard InChI is InChI=1S/C11H23NO/c1-4-11(7-5-8-12-11)10(2)6-9-13-3/h10,12H,4-9H2,1-3H3. The highest BCUT2D eigenvalue weighted by atomic mass is 16.5. The second-order valence-corrected chi connectivity index (χ2v) is 4.22. The molecule has 2 heteroatoms. The summed E-state index contributed by atoms with van der Waals surface area (Å²) in [7, 11) is 1.79. The summed E-state index contributed by atoms with van der Waals surface area (Å²) < 4.78 is 5.13. The first-order chi connectivity index (χ1) is 6.25. The van der Waals surface area contributed by atoms with E-state index in [1.807, 2.05) is 0 Å². The Labute approximate surface area is 82.0 Å². The molecular weight excluding hydrogens is 162 g/mol. The van der Waals surface area contributed by atoms with Gasteiger partial charge in [-0.3, -0.25) is 0 Å². The average Bonchev–Trinajstić information content (AvgIpc) is 2.63. The molecule has 1 fully saturated rings. The molecule has 13 heavy (non-hydrogen) atoms. The summed E-state index contributed by atoms with van der Waals surface area (Å²) in [4.78, 5) is 0. The Bertz CT molecular complexity index is 141. The summed E-state index contributed by atoms with van der Waals surface area (Å²) in [6, 6.07) is 0. The molecule has 78 valence electrons. The molecule has 0 spiro atoms. The van der Waals surface area contributed by atoms with Gasteiger partial charge in [0.25, 0.3) is 0 Å². The largest absolute Gasteiger partial charge is 0.385 e. The third-order valence-corrected chi connectivity index (χ3v) is 3.61. The van der Waals surface area contributed by atoms with Crippen molar-refractivity contribution in [2.45, 2.75) is 45.1 Å². The number of ether oxygens (including phenoxy) is 1. The van der Waals surface area contributed by atoms with Crippen molar-refractivity contribution in [2.24, 2.45) is 5.92 Å². The first-order valence-electron chi connectivity index (χ1n) is 5.49. The Kier molecular flexibility index (Phi) is 4.20. The van der Waals surface area contributed by atoms with Gasteiger partial charge in [-0.2, -0.15) is 0 Å². The van der Waals surface area contributed by atoms with Crippen LogP contribution in [0.25, 0.3) is 0 Å². The van der Waals surface area contributed by atoms with E-state index < -0.39 is 0 Å². The summed E-state index contributed by atoms with van der Waals surface area (Å²) in [6.07, 6.45) is 5.11. The van der Waals surface area contributed by atoms with Gasteiger partial charge in [0.15, 0.2) is 0 Å². The molecule has 1 rings (SSSR count). The first-order valence-corrected chi connectivity index (χ1v) is 5.49. The summed E-state index contributed by atoms with van der Waals surface area (Å²) in [5, 5.41) is 3.67. The fraction of sp³-hybridized carbons (Fsp3) is 1.00. The van der Waals surface area contributed by atoms with Crippen LogP contribution in [-0.2, 0) is 4.74 Å². The number of nitrogens with one attached hydrogen (secondary N) is 1. The van der Waals surface area contributed by atoms with Crippen LogP contribution in [-0.4, -0.2) is 25.8 Å². The van der Waals surface area contributed by atoms with Gasteiger partial charge < -0.3 is 10.1 Å². The third kappa shape index (κ3) is 2.44. The van der Waals surface area contributed by atoms with E-state index in [1.54, 1.807) is 7.11 Å². The van der Waals surface area contributed by atoms with Crippen molar-refractivity contribution in [1.29, 1.82) is 0 Å². The van der Waals surface area contributed by atoms with Crippen LogP contribution in [0.4, 0.5) is 0 Å². The molecule has 1 N–H and O–H groups in total. The summed E-state index contributed by atoms with van der Waals surface area (Å²) in [5.41, 5.74) is 0.415. The zero-order valence-electron chi connectivity index (χ0n) is 9.23. The zero-order valence-corrected chi connectivity index (χ0v) is 9.23. The van der Waals surface area contributed by atoms with Crippen LogP contribution >= 0.6 is 0 Å². The van der Waals surface area contributed by atoms with Crippen LogP contribution in [0.3, 0.4) is 0 Å². The van der Waals surface area contributed by atoms with Gasteiger partial charge in [0, 0.05) is 19.3 Å². The molecule has 0 aromatic heterocycles. The Morgan fingerprint density at radius 1 is 1.54 bits per heavy atom. The van der Waals surface area contributed by atoms with Crippen molar-refractivity contribution < 1.29 is 4.74 Å². The van der Waals surface area contributed by atoms with Gasteiger partial charge in [0.05, 0.1) is 0 Å². The molecule has 1 heterocycles. The molecule has 0 aromatic rings. The van der Waals surface area contributed by atoms with E-state index in [0.717, 1.165) is 12.5 Å². The van der Waals surface area contributed by atoms with Crippen molar-refractivity contribution in [3.8, 4) is 0 Å². The van der Waals surface area contributed by atoms with Gasteiger partial charge in [-0.25, -0.2) is 0 Å². The van der Waals surface area contributed by atoms with Gasteiger partial charge in [-0.1, -0.05) is 13.8 Å². The predicted molar refractivity (Wildman–Crippen MR) is 55.9 cm³/mol. The Hall–Kier alpha value is -0.0800. The van der Waals surface area contributed by atoms with Crippen molar-refractivity contribution in [3.05, 3.63) is 0 Å². The van der Waals surface area contributed by atoms with E-state index in [-0.39, 0.29) is 0 Å². The van der Waals surface area contributed by atoms with Crippen LogP contribution < -0.4 is 5.32 Å². The molecular formula is C11H23NO. The minimum atomic E-state index is 0.415. The van der Waals surface area contributed by atoms with Crippen LogP contribution in [0.5, 0.6) is 0 Å².